The summed E-state index contributed by atoms with van der Waals surface area (Å²) in [5.41, 5.74) is 5.43. The second kappa shape index (κ2) is 17.4. The Kier molecular flexibility index (Phi) is 12.9. The summed E-state index contributed by atoms with van der Waals surface area (Å²) in [6, 6.07) is 0. The van der Waals surface area contributed by atoms with Crippen molar-refractivity contribution in [2.75, 3.05) is 39.6 Å². The molecule has 292 valence electrons. The molecule has 0 amide bonds. The van der Waals surface area contributed by atoms with Gasteiger partial charge in [0.05, 0.1) is 19.8 Å². The van der Waals surface area contributed by atoms with E-state index in [4.69, 9.17) is 24.3 Å². The first-order chi connectivity index (χ1) is 25.0. The minimum Gasteiger partial charge on any atom is -0.379 e. The van der Waals surface area contributed by atoms with Gasteiger partial charge in [-0.3, -0.25) is 9.05 Å². The largest absolute Gasteiger partial charge is 0.472 e. The zero-order valence-corrected chi connectivity index (χ0v) is 32.9. The molecule has 0 aliphatic heterocycles. The first kappa shape index (κ1) is 37.9. The van der Waals surface area contributed by atoms with Crippen LogP contribution < -0.4 is 5.73 Å². The lowest BCUT2D eigenvalue weighted by Crippen LogP contribution is -2.69. The average molecular weight is 732 g/mol. The van der Waals surface area contributed by atoms with Crippen LogP contribution in [0.3, 0.4) is 0 Å². The molecule has 0 aromatic carbocycles. The molecule has 3 N–H and O–H groups in total. The predicted molar refractivity (Wildman–Crippen MR) is 202 cm³/mol. The van der Waals surface area contributed by atoms with Crippen molar-refractivity contribution in [3.05, 3.63) is 0 Å². The summed E-state index contributed by atoms with van der Waals surface area (Å²) >= 11 is 0. The van der Waals surface area contributed by atoms with Gasteiger partial charge in [0.1, 0.15) is 6.10 Å². The summed E-state index contributed by atoms with van der Waals surface area (Å²) < 4.78 is 34.5. The Morgan fingerprint density at radius 2 is 0.980 bits per heavy atom. The van der Waals surface area contributed by atoms with Crippen LogP contribution in [0.25, 0.3) is 0 Å². The van der Waals surface area contributed by atoms with Crippen LogP contribution in [0.4, 0.5) is 0 Å². The molecule has 0 aromatic heterocycles. The highest BCUT2D eigenvalue weighted by molar-refractivity contribution is 7.47. The lowest BCUT2D eigenvalue weighted by molar-refractivity contribution is -0.264. The number of nitrogens with two attached hydrogens (primary N) is 1. The van der Waals surface area contributed by atoms with Crippen LogP contribution >= 0.6 is 7.82 Å². The summed E-state index contributed by atoms with van der Waals surface area (Å²) in [6.07, 6.45) is 30.4. The van der Waals surface area contributed by atoms with Gasteiger partial charge in [-0.15, -0.1) is 0 Å². The van der Waals surface area contributed by atoms with E-state index in [2.05, 4.69) is 0 Å². The van der Waals surface area contributed by atoms with Gasteiger partial charge >= 0.3 is 7.82 Å². The first-order valence-electron chi connectivity index (χ1n) is 22.5. The average Bonchev–Trinajstić information content (AvgIpc) is 3.11. The quantitative estimate of drug-likeness (QED) is 0.0713. The van der Waals surface area contributed by atoms with E-state index in [9.17, 15) is 9.46 Å². The molecule has 8 saturated carbocycles. The zero-order chi connectivity index (χ0) is 34.8. The van der Waals surface area contributed by atoms with Gasteiger partial charge in [-0.1, -0.05) is 77.0 Å². The molecular formula is C43H74NO6P. The third kappa shape index (κ3) is 8.27. The Morgan fingerprint density at radius 3 is 1.51 bits per heavy atom. The highest BCUT2D eigenvalue weighted by Gasteiger charge is 2.69. The van der Waals surface area contributed by atoms with Gasteiger partial charge < -0.3 is 20.1 Å². The van der Waals surface area contributed by atoms with E-state index in [-0.39, 0.29) is 25.9 Å². The first-order valence-corrected chi connectivity index (χ1v) is 24.0. The number of fused-ring (bicyclic) bond motifs is 14. The summed E-state index contributed by atoms with van der Waals surface area (Å²) in [6.45, 7) is 1.83. The van der Waals surface area contributed by atoms with Gasteiger partial charge in [0, 0.05) is 19.8 Å². The van der Waals surface area contributed by atoms with Gasteiger partial charge in [0.25, 0.3) is 0 Å². The van der Waals surface area contributed by atoms with Crippen LogP contribution in [0, 0.1) is 82.9 Å². The van der Waals surface area contributed by atoms with Gasteiger partial charge in [-0.25, -0.2) is 4.57 Å². The molecule has 0 aromatic rings. The van der Waals surface area contributed by atoms with Crippen molar-refractivity contribution in [1.29, 1.82) is 0 Å². The van der Waals surface area contributed by atoms with Crippen molar-refractivity contribution in [1.82, 2.24) is 0 Å². The minimum absolute atomic E-state index is 0.0111. The fourth-order valence-electron chi connectivity index (χ4n) is 14.2. The van der Waals surface area contributed by atoms with Crippen LogP contribution in [0.1, 0.15) is 141 Å². The van der Waals surface area contributed by atoms with Gasteiger partial charge in [-0.05, 0) is 147 Å². The van der Waals surface area contributed by atoms with Crippen molar-refractivity contribution in [2.45, 2.75) is 147 Å². The lowest BCUT2D eigenvalue weighted by Gasteiger charge is -2.74. The van der Waals surface area contributed by atoms with Crippen LogP contribution in [0.5, 0.6) is 0 Å². The molecule has 8 aliphatic rings. The highest BCUT2D eigenvalue weighted by Crippen LogP contribution is 2.75. The monoisotopic (exact) mass is 732 g/mol. The molecule has 7 nitrogen and oxygen atoms in total. The van der Waals surface area contributed by atoms with Crippen molar-refractivity contribution in [3.63, 3.8) is 0 Å². The van der Waals surface area contributed by atoms with E-state index >= 15 is 0 Å². The van der Waals surface area contributed by atoms with Crippen molar-refractivity contribution in [3.8, 4) is 0 Å². The van der Waals surface area contributed by atoms with Crippen molar-refractivity contribution in [2.24, 2.45) is 88.6 Å². The van der Waals surface area contributed by atoms with Crippen molar-refractivity contribution >= 4 is 7.82 Å². The summed E-state index contributed by atoms with van der Waals surface area (Å²) in [4.78, 5) is 9.99. The lowest BCUT2D eigenvalue weighted by atomic mass is 9.30. The molecule has 0 heterocycles. The normalized spacial score (nSPS) is 42.6. The second-order valence-corrected chi connectivity index (χ2v) is 20.7. The van der Waals surface area contributed by atoms with E-state index in [0.717, 1.165) is 78.4 Å². The number of hydrogen-bond acceptors (Lipinski definition) is 6. The van der Waals surface area contributed by atoms with E-state index in [1.54, 1.807) is 44.9 Å². The molecule has 0 spiro atoms. The predicted octanol–water partition coefficient (Wildman–Crippen LogP) is 9.80. The maximum atomic E-state index is 12.2. The summed E-state index contributed by atoms with van der Waals surface area (Å²) in [5, 5.41) is 0. The smallest absolute Gasteiger partial charge is 0.379 e. The number of ether oxygens (including phenoxy) is 2. The minimum atomic E-state index is -4.14. The van der Waals surface area contributed by atoms with Gasteiger partial charge in [-0.2, -0.15) is 0 Å². The van der Waals surface area contributed by atoms with Crippen LogP contribution in [-0.2, 0) is 23.1 Å². The third-order valence-corrected chi connectivity index (χ3v) is 17.8. The molecule has 0 bridgehead atoms. The Labute approximate surface area is 310 Å². The van der Waals surface area contributed by atoms with E-state index < -0.39 is 7.82 Å². The molecule has 15 unspecified atom stereocenters. The molecule has 8 heteroatoms. The highest BCUT2D eigenvalue weighted by atomic mass is 31.2. The second-order valence-electron chi connectivity index (χ2n) is 19.2. The zero-order valence-electron chi connectivity index (χ0n) is 32.0. The SMILES string of the molecule is NCCOP(=O)(O)OC[C@@H](COCCCCCCC1CCC2C(C1)C1C3CCC3C21)OCCCCCCCCC1CCC2C(C1)C1C3CCC3C21. The molecule has 8 fully saturated rings. The molecule has 0 saturated heterocycles. The van der Waals surface area contributed by atoms with Crippen LogP contribution in [0.15, 0.2) is 0 Å². The molecular weight excluding hydrogens is 657 g/mol. The topological polar surface area (TPSA) is 100 Å². The van der Waals surface area contributed by atoms with Crippen LogP contribution in [-0.4, -0.2) is 50.6 Å². The number of phosphoric acid groups is 1. The Bertz CT molecular complexity index is 1140. The van der Waals surface area contributed by atoms with E-state index in [0.29, 0.717) is 19.8 Å². The van der Waals surface area contributed by atoms with Gasteiger partial charge in [0.15, 0.2) is 0 Å². The molecule has 51 heavy (non-hydrogen) atoms. The Hall–Kier alpha value is -0.0100. The Morgan fingerprint density at radius 1 is 0.529 bits per heavy atom. The fourth-order valence-corrected chi connectivity index (χ4v) is 15.0. The number of hydrogen-bond donors (Lipinski definition) is 2. The maximum absolute atomic E-state index is 12.2. The third-order valence-electron chi connectivity index (χ3n) is 16.8. The number of unbranched alkanes of at least 4 members (excludes halogenated alkanes) is 8. The fraction of sp³-hybridized carbons (Fsp3) is 1.00. The Balaban J connectivity index is 0.637. The van der Waals surface area contributed by atoms with Crippen LogP contribution in [0.2, 0.25) is 0 Å². The number of phosphoric ester groups is 1. The molecule has 0 radical (unpaired) electrons. The van der Waals surface area contributed by atoms with Gasteiger partial charge in [0.2, 0.25) is 0 Å². The van der Waals surface area contributed by atoms with Crippen molar-refractivity contribution < 1.29 is 28.0 Å². The molecule has 8 rings (SSSR count). The summed E-state index contributed by atoms with van der Waals surface area (Å²) in [5.74, 6) is 15.8. The molecule has 8 aliphatic carbocycles. The van der Waals surface area contributed by atoms with E-state index in [1.165, 1.54) is 101 Å². The molecule has 16 atom stereocenters. The van der Waals surface area contributed by atoms with E-state index in [1.807, 2.05) is 0 Å². The standard InChI is InChI=1S/C43H74NO6P/c44-21-24-49-51(45,46)50-28-31(27-47-22-9-6-4-8-12-30-14-16-37-39(26-30)43-35-20-18-33(35)41(37)43)48-23-10-5-2-1-3-7-11-29-13-15-36-38(25-29)42-34-19-17-32(34)40(36)42/h29-43H,1-28,44H2,(H,45,46)/t29?,30?,31-,32?,33?,34?,35?,36?,37?,38?,39?,40?,41?,42?,43?/m1/s1. The summed E-state index contributed by atoms with van der Waals surface area (Å²) in [7, 11) is -4.14. The maximum Gasteiger partial charge on any atom is 0.472 e. The number of rotatable bonds is 25.